The van der Waals surface area contributed by atoms with Crippen LogP contribution in [0.3, 0.4) is 0 Å². The zero-order valence-electron chi connectivity index (χ0n) is 11.4. The third-order valence-electron chi connectivity index (χ3n) is 3.21. The maximum Gasteiger partial charge on any atom is 0.338 e. The zero-order valence-corrected chi connectivity index (χ0v) is 11.4. The second kappa shape index (κ2) is 5.66. The highest BCUT2D eigenvalue weighted by Gasteiger charge is 2.15. The van der Waals surface area contributed by atoms with Gasteiger partial charge < -0.3 is 15.4 Å². The SMILES string of the molecule is CCn1ccc(=O)n(Cc2cccc(N)c2C(=O)O)c1=O. The standard InChI is InChI=1S/C14H15N3O4/c1-2-16-7-6-11(18)17(14(16)21)8-9-4-3-5-10(15)12(9)13(19)20/h3-7H,2,8,15H2,1H3,(H,19,20). The molecule has 0 spiro atoms. The molecule has 1 heterocycles. The van der Waals surface area contributed by atoms with Gasteiger partial charge in [-0.25, -0.2) is 9.59 Å². The van der Waals surface area contributed by atoms with Gasteiger partial charge in [0.15, 0.2) is 0 Å². The fourth-order valence-electron chi connectivity index (χ4n) is 2.13. The van der Waals surface area contributed by atoms with Crippen molar-refractivity contribution in [1.29, 1.82) is 0 Å². The number of benzene rings is 1. The van der Waals surface area contributed by atoms with E-state index in [4.69, 9.17) is 5.73 Å². The van der Waals surface area contributed by atoms with Crippen LogP contribution in [0.1, 0.15) is 22.8 Å². The molecule has 7 heteroatoms. The van der Waals surface area contributed by atoms with Crippen molar-refractivity contribution >= 4 is 11.7 Å². The molecule has 0 aliphatic heterocycles. The lowest BCUT2D eigenvalue weighted by molar-refractivity contribution is 0.0696. The number of hydrogen-bond donors (Lipinski definition) is 2. The van der Waals surface area contributed by atoms with Crippen molar-refractivity contribution in [3.63, 3.8) is 0 Å². The molecule has 3 N–H and O–H groups in total. The van der Waals surface area contributed by atoms with E-state index in [0.717, 1.165) is 4.57 Å². The Kier molecular flexibility index (Phi) is 3.93. The van der Waals surface area contributed by atoms with E-state index in [1.807, 2.05) is 0 Å². The average Bonchev–Trinajstić information content (AvgIpc) is 2.43. The van der Waals surface area contributed by atoms with Crippen LogP contribution in [-0.2, 0) is 13.1 Å². The number of hydrogen-bond acceptors (Lipinski definition) is 4. The van der Waals surface area contributed by atoms with Crippen LogP contribution in [0.2, 0.25) is 0 Å². The van der Waals surface area contributed by atoms with E-state index in [0.29, 0.717) is 12.1 Å². The first kappa shape index (κ1) is 14.6. The van der Waals surface area contributed by atoms with Crippen LogP contribution < -0.4 is 17.0 Å². The molecule has 0 saturated carbocycles. The summed E-state index contributed by atoms with van der Waals surface area (Å²) in [7, 11) is 0. The Hall–Kier alpha value is -2.83. The third-order valence-corrected chi connectivity index (χ3v) is 3.21. The van der Waals surface area contributed by atoms with Crippen molar-refractivity contribution in [3.8, 4) is 0 Å². The van der Waals surface area contributed by atoms with Gasteiger partial charge in [-0.05, 0) is 18.6 Å². The maximum absolute atomic E-state index is 12.1. The summed E-state index contributed by atoms with van der Waals surface area (Å²) in [4.78, 5) is 35.3. The highest BCUT2D eigenvalue weighted by Crippen LogP contribution is 2.17. The van der Waals surface area contributed by atoms with Gasteiger partial charge in [0.2, 0.25) is 0 Å². The summed E-state index contributed by atoms with van der Waals surface area (Å²) in [5, 5.41) is 9.21. The molecule has 0 amide bonds. The molecule has 2 aromatic rings. The van der Waals surface area contributed by atoms with Crippen molar-refractivity contribution in [1.82, 2.24) is 9.13 Å². The van der Waals surface area contributed by atoms with Crippen LogP contribution in [0.15, 0.2) is 40.1 Å². The van der Waals surface area contributed by atoms with E-state index in [-0.39, 0.29) is 17.8 Å². The summed E-state index contributed by atoms with van der Waals surface area (Å²) in [6, 6.07) is 5.86. The largest absolute Gasteiger partial charge is 0.478 e. The van der Waals surface area contributed by atoms with Gasteiger partial charge in [0.1, 0.15) is 0 Å². The smallest absolute Gasteiger partial charge is 0.338 e. The van der Waals surface area contributed by atoms with E-state index < -0.39 is 17.2 Å². The summed E-state index contributed by atoms with van der Waals surface area (Å²) < 4.78 is 2.36. The Balaban J connectivity index is 2.59. The highest BCUT2D eigenvalue weighted by atomic mass is 16.4. The molecule has 110 valence electrons. The first-order valence-electron chi connectivity index (χ1n) is 6.36. The lowest BCUT2D eigenvalue weighted by atomic mass is 10.1. The molecule has 7 nitrogen and oxygen atoms in total. The van der Waals surface area contributed by atoms with E-state index >= 15 is 0 Å². The Morgan fingerprint density at radius 2 is 2.00 bits per heavy atom. The first-order valence-corrected chi connectivity index (χ1v) is 6.36. The van der Waals surface area contributed by atoms with Crippen molar-refractivity contribution in [2.75, 3.05) is 5.73 Å². The topological polar surface area (TPSA) is 107 Å². The summed E-state index contributed by atoms with van der Waals surface area (Å²) in [5.74, 6) is -1.19. The second-order valence-electron chi connectivity index (χ2n) is 4.50. The molecular weight excluding hydrogens is 274 g/mol. The number of carboxylic acid groups (broad SMARTS) is 1. The van der Waals surface area contributed by atoms with E-state index in [9.17, 15) is 19.5 Å². The second-order valence-corrected chi connectivity index (χ2v) is 4.50. The fourth-order valence-corrected chi connectivity index (χ4v) is 2.13. The highest BCUT2D eigenvalue weighted by molar-refractivity contribution is 5.95. The number of carbonyl (C=O) groups is 1. The quantitative estimate of drug-likeness (QED) is 0.790. The van der Waals surface area contributed by atoms with Gasteiger partial charge in [-0.15, -0.1) is 0 Å². The Bertz CT molecular complexity index is 805. The van der Waals surface area contributed by atoms with Gasteiger partial charge in [0, 0.05) is 24.5 Å². The van der Waals surface area contributed by atoms with Crippen molar-refractivity contribution in [2.45, 2.75) is 20.0 Å². The summed E-state index contributed by atoms with van der Waals surface area (Å²) in [5.41, 5.74) is 5.02. The van der Waals surface area contributed by atoms with Crippen LogP contribution in [0.5, 0.6) is 0 Å². The van der Waals surface area contributed by atoms with Crippen molar-refractivity contribution in [2.24, 2.45) is 0 Å². The van der Waals surface area contributed by atoms with Crippen molar-refractivity contribution < 1.29 is 9.90 Å². The van der Waals surface area contributed by atoms with Crippen LogP contribution in [-0.4, -0.2) is 20.2 Å². The molecule has 2 rings (SSSR count). The van der Waals surface area contributed by atoms with Gasteiger partial charge in [0.05, 0.1) is 12.1 Å². The molecule has 0 saturated heterocycles. The number of nitrogens with zero attached hydrogens (tertiary/aromatic N) is 2. The lowest BCUT2D eigenvalue weighted by Gasteiger charge is -2.11. The summed E-state index contributed by atoms with van der Waals surface area (Å²) >= 11 is 0. The van der Waals surface area contributed by atoms with E-state index in [1.54, 1.807) is 13.0 Å². The average molecular weight is 289 g/mol. The number of nitrogen functional groups attached to an aromatic ring is 1. The normalized spacial score (nSPS) is 10.5. The van der Waals surface area contributed by atoms with Crippen LogP contribution >= 0.6 is 0 Å². The first-order chi connectivity index (χ1) is 9.95. The molecular formula is C14H15N3O4. The van der Waals surface area contributed by atoms with Crippen molar-refractivity contribution in [3.05, 3.63) is 62.4 Å². The number of aromatic carboxylic acids is 1. The minimum absolute atomic E-state index is 0.0873. The predicted octanol–water partition coefficient (Wildman–Crippen LogP) is 0.359. The summed E-state index contributed by atoms with van der Waals surface area (Å²) in [6.07, 6.45) is 1.42. The molecule has 0 aliphatic rings. The molecule has 0 unspecified atom stereocenters. The lowest BCUT2D eigenvalue weighted by Crippen LogP contribution is -2.39. The predicted molar refractivity (Wildman–Crippen MR) is 77.6 cm³/mol. The Morgan fingerprint density at radius 1 is 1.29 bits per heavy atom. The molecule has 0 bridgehead atoms. The number of rotatable bonds is 4. The van der Waals surface area contributed by atoms with Gasteiger partial charge in [0.25, 0.3) is 5.56 Å². The molecule has 1 aromatic heterocycles. The monoisotopic (exact) mass is 289 g/mol. The number of anilines is 1. The molecule has 0 aliphatic carbocycles. The third kappa shape index (κ3) is 2.71. The summed E-state index contributed by atoms with van der Waals surface area (Å²) in [6.45, 7) is 2.06. The molecule has 0 fully saturated rings. The molecule has 0 radical (unpaired) electrons. The zero-order chi connectivity index (χ0) is 15.6. The van der Waals surface area contributed by atoms with Gasteiger partial charge >= 0.3 is 11.7 Å². The number of carboxylic acids is 1. The number of nitrogens with two attached hydrogens (primary N) is 1. The van der Waals surface area contributed by atoms with Gasteiger partial charge in [-0.1, -0.05) is 12.1 Å². The fraction of sp³-hybridized carbons (Fsp3) is 0.214. The maximum atomic E-state index is 12.1. The number of aryl methyl sites for hydroxylation is 1. The Labute approximate surface area is 119 Å². The molecule has 1 aromatic carbocycles. The molecule has 0 atom stereocenters. The van der Waals surface area contributed by atoms with E-state index in [1.165, 1.54) is 29.0 Å². The number of aromatic nitrogens is 2. The minimum atomic E-state index is -1.19. The van der Waals surface area contributed by atoms with E-state index in [2.05, 4.69) is 0 Å². The van der Waals surface area contributed by atoms with Gasteiger partial charge in [-0.2, -0.15) is 0 Å². The minimum Gasteiger partial charge on any atom is -0.478 e. The van der Waals surface area contributed by atoms with Gasteiger partial charge in [-0.3, -0.25) is 9.36 Å². The van der Waals surface area contributed by atoms with Crippen LogP contribution in [0.25, 0.3) is 0 Å². The van der Waals surface area contributed by atoms with Crippen LogP contribution in [0, 0.1) is 0 Å². The molecule has 21 heavy (non-hydrogen) atoms. The van der Waals surface area contributed by atoms with Crippen LogP contribution in [0.4, 0.5) is 5.69 Å². The Morgan fingerprint density at radius 3 is 2.62 bits per heavy atom.